The molecule has 142 valence electrons. The molecule has 1 unspecified atom stereocenters. The van der Waals surface area contributed by atoms with Gasteiger partial charge in [-0.15, -0.1) is 0 Å². The highest BCUT2D eigenvalue weighted by Crippen LogP contribution is 2.35. The van der Waals surface area contributed by atoms with Crippen molar-refractivity contribution in [2.45, 2.75) is 19.6 Å². The van der Waals surface area contributed by atoms with Crippen LogP contribution in [0.25, 0.3) is 0 Å². The van der Waals surface area contributed by atoms with Crippen molar-refractivity contribution in [3.8, 4) is 5.75 Å². The standard InChI is InChI=1S/C22H20ClN3O2/c1-14-12-16(23)7-10-19(14)25-21-20-18(4-3-11-24-20)22(27)26(21)13-15-5-8-17(28-2)9-6-15/h3-12,21,25H,13H2,1-2H3. The summed E-state index contributed by atoms with van der Waals surface area (Å²) in [5, 5.41) is 4.15. The molecule has 0 saturated heterocycles. The summed E-state index contributed by atoms with van der Waals surface area (Å²) in [5.74, 6) is 0.746. The van der Waals surface area contributed by atoms with Crippen molar-refractivity contribution in [2.24, 2.45) is 0 Å². The molecule has 0 radical (unpaired) electrons. The monoisotopic (exact) mass is 393 g/mol. The second kappa shape index (κ2) is 7.52. The van der Waals surface area contributed by atoms with Crippen molar-refractivity contribution in [1.82, 2.24) is 9.88 Å². The van der Waals surface area contributed by atoms with Crippen LogP contribution in [0.1, 0.15) is 33.3 Å². The zero-order chi connectivity index (χ0) is 19.7. The minimum Gasteiger partial charge on any atom is -0.497 e. The lowest BCUT2D eigenvalue weighted by Crippen LogP contribution is -2.32. The van der Waals surface area contributed by atoms with Crippen LogP contribution in [-0.2, 0) is 6.54 Å². The molecule has 0 aliphatic carbocycles. The van der Waals surface area contributed by atoms with Crippen LogP contribution >= 0.6 is 11.6 Å². The predicted molar refractivity (Wildman–Crippen MR) is 110 cm³/mol. The number of benzene rings is 2. The van der Waals surface area contributed by atoms with E-state index in [2.05, 4.69) is 10.3 Å². The van der Waals surface area contributed by atoms with E-state index in [9.17, 15) is 4.79 Å². The molecule has 1 N–H and O–H groups in total. The van der Waals surface area contributed by atoms with Crippen molar-refractivity contribution < 1.29 is 9.53 Å². The molecule has 3 aromatic rings. The number of ether oxygens (including phenoxy) is 1. The van der Waals surface area contributed by atoms with Crippen molar-refractivity contribution in [3.63, 3.8) is 0 Å². The number of carbonyl (C=O) groups is 1. The molecule has 1 aromatic heterocycles. The van der Waals surface area contributed by atoms with Gasteiger partial charge in [-0.05, 0) is 60.5 Å². The van der Waals surface area contributed by atoms with Gasteiger partial charge < -0.3 is 15.0 Å². The average Bonchev–Trinajstić information content (AvgIpc) is 2.96. The van der Waals surface area contributed by atoms with Gasteiger partial charge in [0, 0.05) is 23.5 Å². The number of aryl methyl sites for hydroxylation is 1. The molecule has 0 bridgehead atoms. The Morgan fingerprint density at radius 2 is 1.96 bits per heavy atom. The van der Waals surface area contributed by atoms with Crippen LogP contribution in [-0.4, -0.2) is 22.9 Å². The number of fused-ring (bicyclic) bond motifs is 1. The van der Waals surface area contributed by atoms with Crippen LogP contribution in [0.5, 0.6) is 5.75 Å². The van der Waals surface area contributed by atoms with E-state index in [1.807, 2.05) is 55.5 Å². The molecule has 0 spiro atoms. The molecular formula is C22H20ClN3O2. The van der Waals surface area contributed by atoms with Crippen molar-refractivity contribution in [2.75, 3.05) is 12.4 Å². The van der Waals surface area contributed by atoms with Crippen molar-refractivity contribution in [1.29, 1.82) is 0 Å². The van der Waals surface area contributed by atoms with Crippen LogP contribution in [0.15, 0.2) is 60.8 Å². The fourth-order valence-electron chi connectivity index (χ4n) is 3.41. The fourth-order valence-corrected chi connectivity index (χ4v) is 3.64. The second-order valence-electron chi connectivity index (χ2n) is 6.72. The van der Waals surface area contributed by atoms with Gasteiger partial charge in [-0.3, -0.25) is 9.78 Å². The first kappa shape index (κ1) is 18.3. The third kappa shape index (κ3) is 3.41. The molecule has 6 heteroatoms. The van der Waals surface area contributed by atoms with Gasteiger partial charge in [0.2, 0.25) is 0 Å². The van der Waals surface area contributed by atoms with E-state index in [1.54, 1.807) is 24.3 Å². The number of aromatic nitrogens is 1. The van der Waals surface area contributed by atoms with Gasteiger partial charge in [0.15, 0.2) is 0 Å². The Labute approximate surface area is 168 Å². The third-order valence-electron chi connectivity index (χ3n) is 4.89. The molecule has 28 heavy (non-hydrogen) atoms. The normalized spacial score (nSPS) is 15.5. The van der Waals surface area contributed by atoms with Gasteiger partial charge in [-0.25, -0.2) is 0 Å². The van der Waals surface area contributed by atoms with E-state index < -0.39 is 0 Å². The highest BCUT2D eigenvalue weighted by Gasteiger charge is 2.38. The Kier molecular flexibility index (Phi) is 4.92. The first-order chi connectivity index (χ1) is 13.6. The second-order valence-corrected chi connectivity index (χ2v) is 7.16. The quantitative estimate of drug-likeness (QED) is 0.675. The molecule has 1 atom stereocenters. The lowest BCUT2D eigenvalue weighted by atomic mass is 10.1. The number of hydrogen-bond donors (Lipinski definition) is 1. The van der Waals surface area contributed by atoms with E-state index in [4.69, 9.17) is 16.3 Å². The number of methoxy groups -OCH3 is 1. The fraction of sp³-hybridized carbons (Fsp3) is 0.182. The summed E-state index contributed by atoms with van der Waals surface area (Å²) in [4.78, 5) is 19.3. The Balaban J connectivity index is 1.67. The Bertz CT molecular complexity index is 1020. The van der Waals surface area contributed by atoms with E-state index in [0.717, 1.165) is 28.3 Å². The summed E-state index contributed by atoms with van der Waals surface area (Å²) in [7, 11) is 1.63. The van der Waals surface area contributed by atoms with E-state index >= 15 is 0 Å². The molecule has 4 rings (SSSR count). The summed E-state index contributed by atoms with van der Waals surface area (Å²) in [5.41, 5.74) is 4.30. The van der Waals surface area contributed by atoms with E-state index in [1.165, 1.54) is 0 Å². The zero-order valence-corrected chi connectivity index (χ0v) is 16.4. The Morgan fingerprint density at radius 3 is 2.68 bits per heavy atom. The molecule has 1 aliphatic heterocycles. The first-order valence-electron chi connectivity index (χ1n) is 8.98. The smallest absolute Gasteiger partial charge is 0.258 e. The molecule has 2 heterocycles. The van der Waals surface area contributed by atoms with Gasteiger partial charge in [-0.1, -0.05) is 23.7 Å². The molecule has 0 saturated carbocycles. The molecule has 5 nitrogen and oxygen atoms in total. The summed E-state index contributed by atoms with van der Waals surface area (Å²) in [6, 6.07) is 17.0. The lowest BCUT2D eigenvalue weighted by molar-refractivity contribution is 0.0727. The number of nitrogens with zero attached hydrogens (tertiary/aromatic N) is 2. The van der Waals surface area contributed by atoms with E-state index in [-0.39, 0.29) is 12.1 Å². The number of nitrogens with one attached hydrogen (secondary N) is 1. The van der Waals surface area contributed by atoms with Crippen LogP contribution in [0, 0.1) is 6.92 Å². The lowest BCUT2D eigenvalue weighted by Gasteiger charge is -2.27. The minimum absolute atomic E-state index is 0.0389. The number of pyridine rings is 1. The number of carbonyl (C=O) groups excluding carboxylic acids is 1. The summed E-state index contributed by atoms with van der Waals surface area (Å²) in [6.07, 6.45) is 1.36. The minimum atomic E-state index is -0.356. The predicted octanol–water partition coefficient (Wildman–Crippen LogP) is 4.82. The molecule has 1 aliphatic rings. The number of hydrogen-bond acceptors (Lipinski definition) is 4. The summed E-state index contributed by atoms with van der Waals surface area (Å²) < 4.78 is 5.22. The average molecular weight is 394 g/mol. The number of amides is 1. The molecule has 1 amide bonds. The maximum Gasteiger partial charge on any atom is 0.258 e. The van der Waals surface area contributed by atoms with Crippen LogP contribution in [0.2, 0.25) is 5.02 Å². The largest absolute Gasteiger partial charge is 0.497 e. The maximum absolute atomic E-state index is 13.1. The highest BCUT2D eigenvalue weighted by molar-refractivity contribution is 6.30. The van der Waals surface area contributed by atoms with E-state index in [0.29, 0.717) is 17.1 Å². The third-order valence-corrected chi connectivity index (χ3v) is 5.13. The van der Waals surface area contributed by atoms with Gasteiger partial charge in [0.25, 0.3) is 5.91 Å². The first-order valence-corrected chi connectivity index (χ1v) is 9.36. The summed E-state index contributed by atoms with van der Waals surface area (Å²) >= 11 is 6.08. The van der Waals surface area contributed by atoms with Crippen molar-refractivity contribution >= 4 is 23.2 Å². The summed E-state index contributed by atoms with van der Waals surface area (Å²) in [6.45, 7) is 2.45. The van der Waals surface area contributed by atoms with Crippen LogP contribution < -0.4 is 10.1 Å². The van der Waals surface area contributed by atoms with Gasteiger partial charge >= 0.3 is 0 Å². The number of rotatable bonds is 5. The highest BCUT2D eigenvalue weighted by atomic mass is 35.5. The zero-order valence-electron chi connectivity index (χ0n) is 15.6. The topological polar surface area (TPSA) is 54.5 Å². The van der Waals surface area contributed by atoms with Crippen LogP contribution in [0.4, 0.5) is 5.69 Å². The number of anilines is 1. The van der Waals surface area contributed by atoms with Crippen LogP contribution in [0.3, 0.4) is 0 Å². The van der Waals surface area contributed by atoms with Gasteiger partial charge in [0.05, 0.1) is 18.4 Å². The van der Waals surface area contributed by atoms with Crippen molar-refractivity contribution in [3.05, 3.63) is 88.2 Å². The molecule has 0 fully saturated rings. The Morgan fingerprint density at radius 1 is 1.18 bits per heavy atom. The number of halogens is 1. The Hall–Kier alpha value is -3.05. The SMILES string of the molecule is COc1ccc(CN2C(=O)c3cccnc3C2Nc2ccc(Cl)cc2C)cc1. The molecular weight excluding hydrogens is 374 g/mol. The molecule has 2 aromatic carbocycles. The maximum atomic E-state index is 13.1. The van der Waals surface area contributed by atoms with Gasteiger partial charge in [0.1, 0.15) is 11.9 Å². The van der Waals surface area contributed by atoms with Gasteiger partial charge in [-0.2, -0.15) is 0 Å².